The Balaban J connectivity index is 2.65. The molecule has 7 heteroatoms. The number of hydrogen-bond acceptors (Lipinski definition) is 2. The standard InChI is InChI=1S/C10H15Cl2N2O2P/c11-6-8-13-17(15,14-9-7-12)16-10-4-2-1-3-5-10/h1-5H,6-9H2,(H2,13,14,15)/i13+1,14+1. The first kappa shape index (κ1) is 14.8. The quantitative estimate of drug-likeness (QED) is 0.440. The molecule has 0 atom stereocenters. The zero-order valence-corrected chi connectivity index (χ0v) is 11.6. The topological polar surface area (TPSA) is 50.4 Å². The monoisotopic (exact) mass is 298 g/mol. The number of nitrogens with one attached hydrogen (secondary N) is 2. The summed E-state index contributed by atoms with van der Waals surface area (Å²) in [6.07, 6.45) is 0. The van der Waals surface area contributed by atoms with Crippen LogP contribution in [0.2, 0.25) is 0 Å². The molecule has 0 aliphatic rings. The minimum atomic E-state index is -3.14. The lowest BCUT2D eigenvalue weighted by atomic mass is 10.3. The molecule has 0 bridgehead atoms. The average Bonchev–Trinajstić information content (AvgIpc) is 2.35. The molecule has 0 unspecified atom stereocenters. The summed E-state index contributed by atoms with van der Waals surface area (Å²) in [6.45, 7) is 0.780. The molecule has 0 spiro atoms. The average molecular weight is 299 g/mol. The lowest BCUT2D eigenvalue weighted by Crippen LogP contribution is -2.28. The predicted octanol–water partition coefficient (Wildman–Crippen LogP) is 2.83. The van der Waals surface area contributed by atoms with E-state index >= 15 is 0 Å². The molecule has 17 heavy (non-hydrogen) atoms. The third kappa shape index (κ3) is 5.75. The van der Waals surface area contributed by atoms with Crippen molar-refractivity contribution in [2.45, 2.75) is 0 Å². The molecule has 0 fully saturated rings. The Morgan fingerprint density at radius 3 is 2.06 bits per heavy atom. The van der Waals surface area contributed by atoms with Crippen molar-refractivity contribution in [3.05, 3.63) is 30.3 Å². The lowest BCUT2D eigenvalue weighted by Gasteiger charge is -2.20. The van der Waals surface area contributed by atoms with Crippen LogP contribution in [0.5, 0.6) is 5.75 Å². The number of rotatable bonds is 8. The summed E-state index contributed by atoms with van der Waals surface area (Å²) in [7, 11) is -3.14. The van der Waals surface area contributed by atoms with Gasteiger partial charge < -0.3 is 4.52 Å². The van der Waals surface area contributed by atoms with E-state index in [1.807, 2.05) is 18.2 Å². The van der Waals surface area contributed by atoms with Gasteiger partial charge in [-0.05, 0) is 12.1 Å². The highest BCUT2D eigenvalue weighted by Crippen LogP contribution is 2.38. The van der Waals surface area contributed by atoms with E-state index in [1.165, 1.54) is 0 Å². The summed E-state index contributed by atoms with van der Waals surface area (Å²) >= 11 is 11.1. The third-order valence-electron chi connectivity index (χ3n) is 1.81. The molecule has 4 nitrogen and oxygen atoms in total. The highest BCUT2D eigenvalue weighted by molar-refractivity contribution is 7.55. The van der Waals surface area contributed by atoms with Crippen LogP contribution in [0.3, 0.4) is 0 Å². The molecule has 96 valence electrons. The highest BCUT2D eigenvalue weighted by Gasteiger charge is 2.22. The van der Waals surface area contributed by atoms with Crippen LogP contribution in [0, 0.1) is 0 Å². The Morgan fingerprint density at radius 1 is 1.06 bits per heavy atom. The van der Waals surface area contributed by atoms with E-state index in [0.29, 0.717) is 30.6 Å². The van der Waals surface area contributed by atoms with Crippen molar-refractivity contribution in [3.63, 3.8) is 0 Å². The second-order valence-corrected chi connectivity index (χ2v) is 5.82. The molecule has 0 aromatic heterocycles. The summed E-state index contributed by atoms with van der Waals surface area (Å²) in [5.74, 6) is 1.23. The van der Waals surface area contributed by atoms with E-state index in [2.05, 4.69) is 10.2 Å². The van der Waals surface area contributed by atoms with Gasteiger partial charge in [0.25, 0.3) is 0 Å². The zero-order valence-electron chi connectivity index (χ0n) is 9.23. The van der Waals surface area contributed by atoms with Gasteiger partial charge in [0.05, 0.1) is 0 Å². The first-order chi connectivity index (χ1) is 8.20. The van der Waals surface area contributed by atoms with Crippen LogP contribution < -0.4 is 14.7 Å². The summed E-state index contributed by atoms with van der Waals surface area (Å²) in [4.78, 5) is 0. The Hall–Kier alpha value is -0.250. The van der Waals surface area contributed by atoms with E-state index in [9.17, 15) is 4.57 Å². The molecule has 0 heterocycles. The van der Waals surface area contributed by atoms with Gasteiger partial charge in [-0.3, -0.25) is 0 Å². The van der Waals surface area contributed by atoms with Gasteiger partial charge in [0.1, 0.15) is 5.75 Å². The van der Waals surface area contributed by atoms with E-state index in [4.69, 9.17) is 27.7 Å². The van der Waals surface area contributed by atoms with Gasteiger partial charge >= 0.3 is 7.67 Å². The van der Waals surface area contributed by atoms with Crippen LogP contribution in [0.15, 0.2) is 30.3 Å². The van der Waals surface area contributed by atoms with Crippen molar-refractivity contribution < 1.29 is 9.09 Å². The van der Waals surface area contributed by atoms with Crippen LogP contribution in [-0.4, -0.2) is 24.8 Å². The zero-order chi connectivity index (χ0) is 12.6. The van der Waals surface area contributed by atoms with E-state index in [-0.39, 0.29) is 0 Å². The number of benzene rings is 1. The fraction of sp³-hybridized carbons (Fsp3) is 0.400. The van der Waals surface area contributed by atoms with Crippen LogP contribution in [0.4, 0.5) is 0 Å². The third-order valence-corrected chi connectivity index (χ3v) is 3.93. The van der Waals surface area contributed by atoms with Gasteiger partial charge in [-0.2, -0.15) is 0 Å². The second kappa shape index (κ2) is 7.96. The largest absolute Gasteiger partial charge is 0.422 e. The Kier molecular flexibility index (Phi) is 6.93. The molecular formula is C10H15Cl2N2O2P. The summed E-state index contributed by atoms with van der Waals surface area (Å²) in [5, 5.41) is 5.52. The van der Waals surface area contributed by atoms with E-state index in [1.54, 1.807) is 12.1 Å². The Labute approximate surface area is 111 Å². The number of halogens is 2. The molecule has 0 radical (unpaired) electrons. The van der Waals surface area contributed by atoms with Crippen LogP contribution in [0.1, 0.15) is 0 Å². The maximum absolute atomic E-state index is 12.3. The van der Waals surface area contributed by atoms with Gasteiger partial charge in [0, 0.05) is 24.8 Å². The minimum Gasteiger partial charge on any atom is -0.422 e. The maximum Gasteiger partial charge on any atom is 0.390 e. The molecule has 2 N–H and O–H groups in total. The van der Waals surface area contributed by atoms with Crippen LogP contribution in [0.25, 0.3) is 0 Å². The van der Waals surface area contributed by atoms with Gasteiger partial charge in [-0.1, -0.05) is 18.2 Å². The van der Waals surface area contributed by atoms with Crippen molar-refractivity contribution >= 4 is 30.9 Å². The Morgan fingerprint density at radius 2 is 1.59 bits per heavy atom. The van der Waals surface area contributed by atoms with Crippen molar-refractivity contribution in [3.8, 4) is 5.75 Å². The smallest absolute Gasteiger partial charge is 0.390 e. The van der Waals surface area contributed by atoms with Gasteiger partial charge in [-0.15, -0.1) is 23.2 Å². The number of para-hydroxylation sites is 1. The van der Waals surface area contributed by atoms with Crippen molar-refractivity contribution in [2.75, 3.05) is 24.8 Å². The van der Waals surface area contributed by atoms with Gasteiger partial charge in [0.15, 0.2) is 0 Å². The molecule has 1 rings (SSSR count). The van der Waals surface area contributed by atoms with Crippen LogP contribution >= 0.6 is 30.9 Å². The summed E-state index contributed by atoms with van der Waals surface area (Å²) < 4.78 is 17.8. The molecule has 0 amide bonds. The van der Waals surface area contributed by atoms with E-state index in [0.717, 1.165) is 0 Å². The second-order valence-electron chi connectivity index (χ2n) is 3.15. The van der Waals surface area contributed by atoms with Gasteiger partial charge in [-0.25, -0.2) is 14.7 Å². The first-order valence-corrected chi connectivity index (χ1v) is 7.86. The molecule has 1 aromatic rings. The molecule has 0 saturated heterocycles. The van der Waals surface area contributed by atoms with Crippen molar-refractivity contribution in [1.29, 1.82) is 0 Å². The fourth-order valence-electron chi connectivity index (χ4n) is 1.13. The predicted molar refractivity (Wildman–Crippen MR) is 72.1 cm³/mol. The molecule has 1 aromatic carbocycles. The summed E-state index contributed by atoms with van der Waals surface area (Å²) in [5.41, 5.74) is 0. The molecule has 0 saturated carbocycles. The number of alkyl halides is 2. The van der Waals surface area contributed by atoms with E-state index < -0.39 is 7.67 Å². The summed E-state index contributed by atoms with van der Waals surface area (Å²) in [6, 6.07) is 8.94. The van der Waals surface area contributed by atoms with Gasteiger partial charge in [0.2, 0.25) is 0 Å². The first-order valence-electron chi connectivity index (χ1n) is 5.17. The molecule has 0 aliphatic heterocycles. The molecular weight excluding hydrogens is 284 g/mol. The SMILES string of the molecule is O=P([15NH]CCCl)([15NH]CCCl)Oc1ccccc1. The van der Waals surface area contributed by atoms with Crippen molar-refractivity contribution in [1.82, 2.24) is 10.2 Å². The lowest BCUT2D eigenvalue weighted by molar-refractivity contribution is 0.455. The Bertz CT molecular complexity index is 353. The normalized spacial score (nSPS) is 11.4. The fourth-order valence-corrected chi connectivity index (χ4v) is 3.05. The number of hydrogen-bond donors (Lipinski definition) is 2. The minimum absolute atomic E-state index is 0.352. The maximum atomic E-state index is 12.3. The highest BCUT2D eigenvalue weighted by atomic mass is 35.5. The van der Waals surface area contributed by atoms with Crippen LogP contribution in [-0.2, 0) is 4.57 Å². The van der Waals surface area contributed by atoms with Crippen molar-refractivity contribution in [2.24, 2.45) is 0 Å². The molecule has 0 aliphatic carbocycles.